The van der Waals surface area contributed by atoms with Gasteiger partial charge in [-0.05, 0) is 18.4 Å². The van der Waals surface area contributed by atoms with Gasteiger partial charge in [0.2, 0.25) is 5.91 Å². The summed E-state index contributed by atoms with van der Waals surface area (Å²) >= 11 is 0. The van der Waals surface area contributed by atoms with Gasteiger partial charge in [0.05, 0.1) is 6.42 Å². The third kappa shape index (κ3) is 7.23. The minimum Gasteiger partial charge on any atom is -0.473 e. The Labute approximate surface area is 154 Å². The van der Waals surface area contributed by atoms with Crippen molar-refractivity contribution >= 4 is 17.8 Å². The maximum atomic E-state index is 12.3. The maximum Gasteiger partial charge on any atom is 0.414 e. The zero-order chi connectivity index (χ0) is 19.5. The highest BCUT2D eigenvalue weighted by Gasteiger charge is 2.24. The molecule has 0 unspecified atom stereocenters. The maximum absolute atomic E-state index is 12.3. The van der Waals surface area contributed by atoms with Crippen LogP contribution in [0.3, 0.4) is 0 Å². The third-order valence-corrected chi connectivity index (χ3v) is 4.51. The van der Waals surface area contributed by atoms with E-state index in [9.17, 15) is 4.79 Å². The number of carboxylic acid groups (broad SMARTS) is 2. The molecule has 144 valence electrons. The smallest absolute Gasteiger partial charge is 0.414 e. The standard InChI is InChI=1S/C17H26N2O.C2H2O4/c1-3-16(4-2)18-10-12-19(13-11-18)17(20)14-15-8-6-5-7-9-15;3-1(4)2(5)6/h5-9,16H,3-4,10-14H2,1-2H3;(H,3,4)(H,5,6). The SMILES string of the molecule is CCC(CC)N1CCN(C(=O)Cc2ccccc2)CC1.O=C(O)C(=O)O. The Morgan fingerprint density at radius 2 is 1.42 bits per heavy atom. The van der Waals surface area contributed by atoms with E-state index in [0.29, 0.717) is 12.5 Å². The summed E-state index contributed by atoms with van der Waals surface area (Å²) in [6.07, 6.45) is 2.94. The van der Waals surface area contributed by atoms with Gasteiger partial charge in [-0.1, -0.05) is 44.2 Å². The predicted molar refractivity (Wildman–Crippen MR) is 97.9 cm³/mol. The van der Waals surface area contributed by atoms with E-state index in [1.54, 1.807) is 0 Å². The Kier molecular flexibility index (Phi) is 9.36. The predicted octanol–water partition coefficient (Wildman–Crippen LogP) is 1.72. The van der Waals surface area contributed by atoms with Gasteiger partial charge in [0.1, 0.15) is 0 Å². The Balaban J connectivity index is 0.000000487. The number of carbonyl (C=O) groups excluding carboxylic acids is 1. The molecule has 7 nitrogen and oxygen atoms in total. The summed E-state index contributed by atoms with van der Waals surface area (Å²) in [6.45, 7) is 8.30. The van der Waals surface area contributed by atoms with Crippen LogP contribution in [0.15, 0.2) is 30.3 Å². The Bertz CT molecular complexity index is 567. The molecule has 1 aromatic rings. The summed E-state index contributed by atoms with van der Waals surface area (Å²) in [4.78, 5) is 35.0. The van der Waals surface area contributed by atoms with Crippen LogP contribution in [0, 0.1) is 0 Å². The summed E-state index contributed by atoms with van der Waals surface area (Å²) < 4.78 is 0. The van der Waals surface area contributed by atoms with Crippen LogP contribution in [-0.2, 0) is 20.8 Å². The number of aliphatic carboxylic acids is 2. The fraction of sp³-hybridized carbons (Fsp3) is 0.526. The molecule has 0 bridgehead atoms. The molecule has 1 saturated heterocycles. The Morgan fingerprint density at radius 3 is 1.85 bits per heavy atom. The van der Waals surface area contributed by atoms with E-state index < -0.39 is 11.9 Å². The van der Waals surface area contributed by atoms with Gasteiger partial charge in [0.25, 0.3) is 0 Å². The number of carboxylic acids is 2. The lowest BCUT2D eigenvalue weighted by Crippen LogP contribution is -2.52. The highest BCUT2D eigenvalue weighted by Crippen LogP contribution is 2.13. The summed E-state index contributed by atoms with van der Waals surface area (Å²) in [5, 5.41) is 14.8. The fourth-order valence-electron chi connectivity index (χ4n) is 3.02. The second-order valence-electron chi connectivity index (χ2n) is 6.16. The van der Waals surface area contributed by atoms with Crippen molar-refractivity contribution in [3.8, 4) is 0 Å². The van der Waals surface area contributed by atoms with Crippen molar-refractivity contribution in [2.45, 2.75) is 39.2 Å². The van der Waals surface area contributed by atoms with Crippen molar-refractivity contribution in [3.05, 3.63) is 35.9 Å². The molecule has 1 fully saturated rings. The molecule has 1 aliphatic heterocycles. The number of amides is 1. The summed E-state index contributed by atoms with van der Waals surface area (Å²) in [5.41, 5.74) is 1.11. The minimum atomic E-state index is -1.82. The van der Waals surface area contributed by atoms with Gasteiger partial charge < -0.3 is 15.1 Å². The molecular weight excluding hydrogens is 336 g/mol. The molecule has 1 amide bonds. The quantitative estimate of drug-likeness (QED) is 0.772. The van der Waals surface area contributed by atoms with E-state index >= 15 is 0 Å². The van der Waals surface area contributed by atoms with Gasteiger partial charge in [0.15, 0.2) is 0 Å². The first-order chi connectivity index (χ1) is 12.4. The second-order valence-corrected chi connectivity index (χ2v) is 6.16. The normalized spacial score (nSPS) is 14.5. The lowest BCUT2D eigenvalue weighted by Gasteiger charge is -2.38. The number of rotatable bonds is 5. The molecule has 7 heteroatoms. The van der Waals surface area contributed by atoms with Crippen molar-refractivity contribution in [2.24, 2.45) is 0 Å². The number of carbonyl (C=O) groups is 3. The second kappa shape index (κ2) is 11.3. The van der Waals surface area contributed by atoms with E-state index in [0.717, 1.165) is 31.7 Å². The zero-order valence-corrected chi connectivity index (χ0v) is 15.4. The van der Waals surface area contributed by atoms with Gasteiger partial charge in [-0.15, -0.1) is 0 Å². The summed E-state index contributed by atoms with van der Waals surface area (Å²) in [5.74, 6) is -3.38. The van der Waals surface area contributed by atoms with E-state index in [2.05, 4.69) is 18.7 Å². The van der Waals surface area contributed by atoms with Gasteiger partial charge >= 0.3 is 11.9 Å². The Morgan fingerprint density at radius 1 is 0.923 bits per heavy atom. The topological polar surface area (TPSA) is 98.2 Å². The van der Waals surface area contributed by atoms with Crippen molar-refractivity contribution in [2.75, 3.05) is 26.2 Å². The molecule has 0 radical (unpaired) electrons. The summed E-state index contributed by atoms with van der Waals surface area (Å²) in [6, 6.07) is 10.7. The highest BCUT2D eigenvalue weighted by atomic mass is 16.4. The van der Waals surface area contributed by atoms with Gasteiger partial charge in [-0.2, -0.15) is 0 Å². The van der Waals surface area contributed by atoms with E-state index in [1.165, 1.54) is 12.8 Å². The summed E-state index contributed by atoms with van der Waals surface area (Å²) in [7, 11) is 0. The van der Waals surface area contributed by atoms with Crippen molar-refractivity contribution in [3.63, 3.8) is 0 Å². The van der Waals surface area contributed by atoms with Gasteiger partial charge in [0, 0.05) is 32.2 Å². The first-order valence-corrected chi connectivity index (χ1v) is 8.90. The first kappa shape index (κ1) is 21.6. The molecule has 0 saturated carbocycles. The average molecular weight is 364 g/mol. The van der Waals surface area contributed by atoms with Crippen molar-refractivity contribution in [1.82, 2.24) is 9.80 Å². The van der Waals surface area contributed by atoms with Crippen LogP contribution in [0.25, 0.3) is 0 Å². The molecule has 1 aromatic carbocycles. The molecule has 1 aliphatic rings. The van der Waals surface area contributed by atoms with Gasteiger partial charge in [-0.3, -0.25) is 9.69 Å². The lowest BCUT2D eigenvalue weighted by molar-refractivity contribution is -0.159. The van der Waals surface area contributed by atoms with Crippen LogP contribution < -0.4 is 0 Å². The van der Waals surface area contributed by atoms with E-state index in [4.69, 9.17) is 19.8 Å². The first-order valence-electron chi connectivity index (χ1n) is 8.90. The molecule has 0 aromatic heterocycles. The molecule has 26 heavy (non-hydrogen) atoms. The van der Waals surface area contributed by atoms with Crippen LogP contribution in [0.4, 0.5) is 0 Å². The fourth-order valence-corrected chi connectivity index (χ4v) is 3.02. The number of piperazine rings is 1. The third-order valence-electron chi connectivity index (χ3n) is 4.51. The monoisotopic (exact) mass is 364 g/mol. The van der Waals surface area contributed by atoms with Crippen molar-refractivity contribution < 1.29 is 24.6 Å². The highest BCUT2D eigenvalue weighted by molar-refractivity contribution is 6.27. The van der Waals surface area contributed by atoms with Crippen LogP contribution in [0.2, 0.25) is 0 Å². The molecule has 2 N–H and O–H groups in total. The molecule has 0 spiro atoms. The molecular formula is C19H28N2O5. The van der Waals surface area contributed by atoms with Crippen LogP contribution in [0.5, 0.6) is 0 Å². The largest absolute Gasteiger partial charge is 0.473 e. The number of nitrogens with zero attached hydrogens (tertiary/aromatic N) is 2. The van der Waals surface area contributed by atoms with Crippen molar-refractivity contribution in [1.29, 1.82) is 0 Å². The van der Waals surface area contributed by atoms with Crippen LogP contribution in [0.1, 0.15) is 32.3 Å². The minimum absolute atomic E-state index is 0.264. The molecule has 1 heterocycles. The number of benzene rings is 1. The number of hydrogen-bond acceptors (Lipinski definition) is 4. The lowest BCUT2D eigenvalue weighted by atomic mass is 10.1. The molecule has 0 atom stereocenters. The van der Waals surface area contributed by atoms with E-state index in [-0.39, 0.29) is 5.91 Å². The molecule has 0 aliphatic carbocycles. The van der Waals surface area contributed by atoms with Gasteiger partial charge in [-0.25, -0.2) is 9.59 Å². The Hall–Kier alpha value is -2.41. The average Bonchev–Trinajstić information content (AvgIpc) is 2.64. The molecule has 2 rings (SSSR count). The van der Waals surface area contributed by atoms with Crippen LogP contribution >= 0.6 is 0 Å². The number of hydrogen-bond donors (Lipinski definition) is 2. The van der Waals surface area contributed by atoms with Crippen LogP contribution in [-0.4, -0.2) is 70.1 Å². The zero-order valence-electron chi connectivity index (χ0n) is 15.4. The van der Waals surface area contributed by atoms with E-state index in [1.807, 2.05) is 35.2 Å².